The number of nitrogens with zero attached hydrogens (tertiary/aromatic N) is 4. The van der Waals surface area contributed by atoms with Gasteiger partial charge in [-0.2, -0.15) is 0 Å². The fraction of sp³-hybridized carbons (Fsp3) is 0.259. The second-order valence-corrected chi connectivity index (χ2v) is 10.8. The predicted molar refractivity (Wildman–Crippen MR) is 145 cm³/mol. The first-order valence-electron chi connectivity index (χ1n) is 12.0. The van der Waals surface area contributed by atoms with E-state index in [0.717, 1.165) is 50.3 Å². The molecule has 182 valence electrons. The highest BCUT2D eigenvalue weighted by Crippen LogP contribution is 2.35. The van der Waals surface area contributed by atoms with Crippen molar-refractivity contribution in [1.29, 1.82) is 0 Å². The van der Waals surface area contributed by atoms with Gasteiger partial charge in [0, 0.05) is 37.3 Å². The fourth-order valence-electron chi connectivity index (χ4n) is 4.38. The van der Waals surface area contributed by atoms with E-state index in [-0.39, 0.29) is 11.8 Å². The molecule has 1 aliphatic heterocycles. The third-order valence-electron chi connectivity index (χ3n) is 6.27. The Hall–Kier alpha value is -3.24. The molecule has 1 amide bonds. The highest BCUT2D eigenvalue weighted by Gasteiger charge is 2.25. The number of fused-ring (bicyclic) bond motifs is 1. The van der Waals surface area contributed by atoms with Gasteiger partial charge in [0.15, 0.2) is 0 Å². The lowest BCUT2D eigenvalue weighted by molar-refractivity contribution is 0.0345. The number of thiazole rings is 2. The number of ether oxygens (including phenoxy) is 1. The molecule has 4 heterocycles. The number of benzene rings is 1. The Morgan fingerprint density at radius 3 is 2.81 bits per heavy atom. The summed E-state index contributed by atoms with van der Waals surface area (Å²) in [5, 5.41) is 4.95. The molecular formula is C27H25N5O2S2. The molecule has 1 aromatic carbocycles. The molecule has 6 rings (SSSR count). The standard InChI is InChI=1S/C27H25N5O2S2/c33-24(29-20-10-5-4-9-19(20)26-30-21-11-6-12-28-27(21)36-26)23-22(17-32-13-15-34-16-14-32)35-25(31-23)18-7-2-1-3-8-18/h1-7,9-12,18H,8,13-17H2,(H,29,33). The zero-order chi connectivity index (χ0) is 24.3. The highest BCUT2D eigenvalue weighted by atomic mass is 32.1. The summed E-state index contributed by atoms with van der Waals surface area (Å²) < 4.78 is 5.51. The molecule has 9 heteroatoms. The highest BCUT2D eigenvalue weighted by molar-refractivity contribution is 7.21. The maximum atomic E-state index is 13.7. The number of nitrogens with one attached hydrogen (secondary N) is 1. The van der Waals surface area contributed by atoms with E-state index in [1.807, 2.05) is 36.4 Å². The van der Waals surface area contributed by atoms with Crippen LogP contribution < -0.4 is 5.32 Å². The maximum Gasteiger partial charge on any atom is 0.275 e. The summed E-state index contributed by atoms with van der Waals surface area (Å²) in [5.41, 5.74) is 2.95. The Bertz CT molecular complexity index is 1420. The number of hydrogen-bond acceptors (Lipinski definition) is 8. The SMILES string of the molecule is O=C(Nc1ccccc1-c1nc2cccnc2s1)c1nc(C2C=CC=CC2)sc1CN1CCOCC1. The number of pyridine rings is 1. The average molecular weight is 516 g/mol. The average Bonchev–Trinajstić information content (AvgIpc) is 3.55. The van der Waals surface area contributed by atoms with Gasteiger partial charge in [-0.25, -0.2) is 15.0 Å². The molecule has 0 saturated carbocycles. The van der Waals surface area contributed by atoms with Crippen molar-refractivity contribution in [3.63, 3.8) is 0 Å². The van der Waals surface area contributed by atoms with Gasteiger partial charge >= 0.3 is 0 Å². The minimum Gasteiger partial charge on any atom is -0.379 e. The van der Waals surface area contributed by atoms with Crippen LogP contribution in [-0.4, -0.2) is 52.1 Å². The number of carbonyl (C=O) groups is 1. The quantitative estimate of drug-likeness (QED) is 0.365. The summed E-state index contributed by atoms with van der Waals surface area (Å²) in [4.78, 5) is 31.9. The molecule has 7 nitrogen and oxygen atoms in total. The van der Waals surface area contributed by atoms with Gasteiger partial charge in [-0.05, 0) is 30.7 Å². The van der Waals surface area contributed by atoms with E-state index in [9.17, 15) is 4.79 Å². The van der Waals surface area contributed by atoms with Crippen molar-refractivity contribution in [3.8, 4) is 10.6 Å². The minimum absolute atomic E-state index is 0.192. The Balaban J connectivity index is 1.31. The van der Waals surface area contributed by atoms with Crippen LogP contribution in [0, 0.1) is 0 Å². The van der Waals surface area contributed by atoms with Crippen LogP contribution in [0.25, 0.3) is 20.9 Å². The van der Waals surface area contributed by atoms with E-state index in [1.165, 1.54) is 11.3 Å². The normalized spacial score (nSPS) is 18.1. The van der Waals surface area contributed by atoms with Crippen LogP contribution in [0.1, 0.15) is 32.7 Å². The number of amides is 1. The van der Waals surface area contributed by atoms with E-state index in [2.05, 4.69) is 39.5 Å². The van der Waals surface area contributed by atoms with Crippen LogP contribution in [0.3, 0.4) is 0 Å². The van der Waals surface area contributed by atoms with Crippen molar-refractivity contribution >= 4 is 44.6 Å². The lowest BCUT2D eigenvalue weighted by atomic mass is 10.0. The molecule has 1 N–H and O–H groups in total. The van der Waals surface area contributed by atoms with Crippen molar-refractivity contribution in [3.05, 3.63) is 82.5 Å². The minimum atomic E-state index is -0.192. The number of allylic oxidation sites excluding steroid dienone is 4. The Labute approximate surface area is 217 Å². The summed E-state index contributed by atoms with van der Waals surface area (Å²) in [6.07, 6.45) is 11.1. The summed E-state index contributed by atoms with van der Waals surface area (Å²) in [7, 11) is 0. The van der Waals surface area contributed by atoms with Crippen molar-refractivity contribution in [2.24, 2.45) is 0 Å². The van der Waals surface area contributed by atoms with E-state index in [0.29, 0.717) is 31.1 Å². The van der Waals surface area contributed by atoms with Gasteiger partial charge in [-0.1, -0.05) is 47.8 Å². The van der Waals surface area contributed by atoms with Gasteiger partial charge in [0.2, 0.25) is 0 Å². The topological polar surface area (TPSA) is 80.2 Å². The van der Waals surface area contributed by atoms with Crippen molar-refractivity contribution in [2.75, 3.05) is 31.6 Å². The molecule has 1 atom stereocenters. The summed E-state index contributed by atoms with van der Waals surface area (Å²) in [6.45, 7) is 3.84. The van der Waals surface area contributed by atoms with Crippen molar-refractivity contribution in [2.45, 2.75) is 18.9 Å². The fourth-order valence-corrected chi connectivity index (χ4v) is 6.53. The van der Waals surface area contributed by atoms with Crippen molar-refractivity contribution < 1.29 is 9.53 Å². The first kappa shape index (κ1) is 23.2. The predicted octanol–water partition coefficient (Wildman–Crippen LogP) is 5.50. The maximum absolute atomic E-state index is 13.7. The van der Waals surface area contributed by atoms with Crippen LogP contribution in [0.5, 0.6) is 0 Å². The zero-order valence-electron chi connectivity index (χ0n) is 19.6. The number of para-hydroxylation sites is 1. The molecule has 4 aromatic rings. The first-order valence-corrected chi connectivity index (χ1v) is 13.6. The smallest absolute Gasteiger partial charge is 0.275 e. The molecule has 36 heavy (non-hydrogen) atoms. The number of hydrogen-bond donors (Lipinski definition) is 1. The number of rotatable bonds is 6. The molecule has 1 fully saturated rings. The molecule has 0 radical (unpaired) electrons. The molecule has 1 aliphatic carbocycles. The summed E-state index contributed by atoms with van der Waals surface area (Å²) in [6, 6.07) is 11.6. The molecule has 0 spiro atoms. The lowest BCUT2D eigenvalue weighted by Crippen LogP contribution is -2.35. The monoisotopic (exact) mass is 515 g/mol. The van der Waals surface area contributed by atoms with E-state index >= 15 is 0 Å². The van der Waals surface area contributed by atoms with Gasteiger partial charge in [0.1, 0.15) is 26.1 Å². The number of carbonyl (C=O) groups excluding carboxylic acids is 1. The molecule has 1 saturated heterocycles. The van der Waals surface area contributed by atoms with Crippen LogP contribution >= 0.6 is 22.7 Å². The van der Waals surface area contributed by atoms with Gasteiger partial charge in [0.25, 0.3) is 5.91 Å². The molecular weight excluding hydrogens is 490 g/mol. The first-order chi connectivity index (χ1) is 17.7. The third kappa shape index (κ3) is 4.87. The summed E-state index contributed by atoms with van der Waals surface area (Å²) in [5.74, 6) is 0.00954. The molecule has 1 unspecified atom stereocenters. The van der Waals surface area contributed by atoms with Crippen LogP contribution in [-0.2, 0) is 11.3 Å². The lowest BCUT2D eigenvalue weighted by Gasteiger charge is -2.26. The van der Waals surface area contributed by atoms with E-state index in [4.69, 9.17) is 14.7 Å². The van der Waals surface area contributed by atoms with Crippen LogP contribution in [0.2, 0.25) is 0 Å². The molecule has 0 bridgehead atoms. The number of morpholine rings is 1. The summed E-state index contributed by atoms with van der Waals surface area (Å²) >= 11 is 3.16. The second kappa shape index (κ2) is 10.4. The van der Waals surface area contributed by atoms with Crippen LogP contribution in [0.4, 0.5) is 5.69 Å². The van der Waals surface area contributed by atoms with E-state index < -0.39 is 0 Å². The van der Waals surface area contributed by atoms with Crippen molar-refractivity contribution in [1.82, 2.24) is 19.9 Å². The number of aromatic nitrogens is 3. The van der Waals surface area contributed by atoms with Crippen LogP contribution in [0.15, 0.2) is 66.9 Å². The largest absolute Gasteiger partial charge is 0.379 e. The molecule has 3 aromatic heterocycles. The Kier molecular flexibility index (Phi) is 6.69. The van der Waals surface area contributed by atoms with Gasteiger partial charge < -0.3 is 10.1 Å². The molecule has 2 aliphatic rings. The second-order valence-electron chi connectivity index (χ2n) is 8.71. The Morgan fingerprint density at radius 2 is 1.97 bits per heavy atom. The Morgan fingerprint density at radius 1 is 1.08 bits per heavy atom. The van der Waals surface area contributed by atoms with Gasteiger partial charge in [-0.15, -0.1) is 11.3 Å². The number of anilines is 1. The van der Waals surface area contributed by atoms with Gasteiger partial charge in [0.05, 0.1) is 23.8 Å². The van der Waals surface area contributed by atoms with E-state index in [1.54, 1.807) is 17.5 Å². The zero-order valence-corrected chi connectivity index (χ0v) is 21.2. The third-order valence-corrected chi connectivity index (χ3v) is 8.45. The van der Waals surface area contributed by atoms with Gasteiger partial charge in [-0.3, -0.25) is 9.69 Å².